The second-order valence-corrected chi connectivity index (χ2v) is 3.80. The minimum atomic E-state index is -1.17. The highest BCUT2D eigenvalue weighted by molar-refractivity contribution is 9.10. The number of hydrogen-bond acceptors (Lipinski definition) is 4. The summed E-state index contributed by atoms with van der Waals surface area (Å²) in [6.45, 7) is -0.602. The maximum Gasteiger partial charge on any atom is 0.332 e. The molecule has 0 aliphatic heterocycles. The van der Waals surface area contributed by atoms with Gasteiger partial charge in [0.1, 0.15) is 0 Å². The molecule has 0 saturated carbocycles. The van der Waals surface area contributed by atoms with Gasteiger partial charge in [-0.15, -0.1) is 0 Å². The van der Waals surface area contributed by atoms with E-state index in [-0.39, 0.29) is 5.56 Å². The van der Waals surface area contributed by atoms with Gasteiger partial charge in [0.2, 0.25) is 0 Å². The molecule has 0 spiro atoms. The first-order valence-corrected chi connectivity index (χ1v) is 4.98. The van der Waals surface area contributed by atoms with Crippen molar-refractivity contribution in [3.05, 3.63) is 28.2 Å². The Balaban J connectivity index is 2.62. The van der Waals surface area contributed by atoms with Crippen molar-refractivity contribution in [1.82, 2.24) is 5.48 Å². The molecule has 86 valence electrons. The lowest BCUT2D eigenvalue weighted by atomic mass is 10.2. The van der Waals surface area contributed by atoms with Crippen LogP contribution in [0.4, 0.5) is 5.69 Å². The normalized spacial score (nSPS) is 9.81. The van der Waals surface area contributed by atoms with Gasteiger partial charge in [-0.25, -0.2) is 10.3 Å². The SMILES string of the molecule is Nc1cc(Br)cc(C(=O)NOCC(=O)O)c1. The zero-order valence-corrected chi connectivity index (χ0v) is 9.65. The van der Waals surface area contributed by atoms with Crippen LogP contribution in [-0.2, 0) is 9.63 Å². The van der Waals surface area contributed by atoms with E-state index < -0.39 is 18.5 Å². The smallest absolute Gasteiger partial charge is 0.332 e. The van der Waals surface area contributed by atoms with Gasteiger partial charge in [-0.3, -0.25) is 9.63 Å². The van der Waals surface area contributed by atoms with Crippen LogP contribution in [0, 0.1) is 0 Å². The highest BCUT2D eigenvalue weighted by Crippen LogP contribution is 2.17. The minimum absolute atomic E-state index is 0.275. The van der Waals surface area contributed by atoms with Crippen LogP contribution in [-0.4, -0.2) is 23.6 Å². The van der Waals surface area contributed by atoms with Crippen molar-refractivity contribution >= 4 is 33.5 Å². The van der Waals surface area contributed by atoms with Crippen LogP contribution in [0.25, 0.3) is 0 Å². The molecule has 0 aromatic heterocycles. The van der Waals surface area contributed by atoms with Crippen LogP contribution in [0.1, 0.15) is 10.4 Å². The molecule has 1 aromatic rings. The molecule has 0 heterocycles. The molecule has 0 fully saturated rings. The Morgan fingerprint density at radius 1 is 1.44 bits per heavy atom. The van der Waals surface area contributed by atoms with Crippen LogP contribution in [0.3, 0.4) is 0 Å². The molecule has 0 aliphatic carbocycles. The van der Waals surface area contributed by atoms with Crippen molar-refractivity contribution in [2.75, 3.05) is 12.3 Å². The Morgan fingerprint density at radius 2 is 2.12 bits per heavy atom. The highest BCUT2D eigenvalue weighted by atomic mass is 79.9. The van der Waals surface area contributed by atoms with Crippen LogP contribution in [0.5, 0.6) is 0 Å². The Morgan fingerprint density at radius 3 is 2.69 bits per heavy atom. The third kappa shape index (κ3) is 3.87. The first-order valence-electron chi connectivity index (χ1n) is 4.19. The van der Waals surface area contributed by atoms with E-state index in [1.807, 2.05) is 5.48 Å². The van der Waals surface area contributed by atoms with Crippen molar-refractivity contribution in [3.63, 3.8) is 0 Å². The van der Waals surface area contributed by atoms with Gasteiger partial charge in [0, 0.05) is 15.7 Å². The van der Waals surface area contributed by atoms with Crippen LogP contribution in [0.15, 0.2) is 22.7 Å². The number of carboxylic acid groups (broad SMARTS) is 1. The van der Waals surface area contributed by atoms with Crippen molar-refractivity contribution < 1.29 is 19.5 Å². The monoisotopic (exact) mass is 288 g/mol. The van der Waals surface area contributed by atoms with Gasteiger partial charge in [-0.05, 0) is 18.2 Å². The molecular weight excluding hydrogens is 280 g/mol. The Bertz CT molecular complexity index is 402. The van der Waals surface area contributed by atoms with Crippen LogP contribution in [0.2, 0.25) is 0 Å². The maximum absolute atomic E-state index is 11.4. The number of hydrogen-bond donors (Lipinski definition) is 3. The van der Waals surface area contributed by atoms with Crippen molar-refractivity contribution in [2.24, 2.45) is 0 Å². The summed E-state index contributed by atoms with van der Waals surface area (Å²) < 4.78 is 0.649. The van der Waals surface area contributed by atoms with E-state index in [1.165, 1.54) is 12.1 Å². The quantitative estimate of drug-likeness (QED) is 0.561. The maximum atomic E-state index is 11.4. The number of carbonyl (C=O) groups is 2. The predicted octanol–water partition coefficient (Wildman–Crippen LogP) is 0.777. The second kappa shape index (κ2) is 5.47. The van der Waals surface area contributed by atoms with Gasteiger partial charge in [-0.2, -0.15) is 0 Å². The molecule has 0 unspecified atom stereocenters. The standard InChI is InChI=1S/C9H9BrN2O4/c10-6-1-5(2-7(11)3-6)9(15)12-16-4-8(13)14/h1-3H,4,11H2,(H,12,15)(H,13,14). The van der Waals surface area contributed by atoms with Gasteiger partial charge >= 0.3 is 5.97 Å². The number of nitrogens with two attached hydrogens (primary N) is 1. The summed E-state index contributed by atoms with van der Waals surface area (Å²) in [6, 6.07) is 4.62. The van der Waals surface area contributed by atoms with E-state index in [0.717, 1.165) is 0 Å². The molecule has 16 heavy (non-hydrogen) atoms. The fourth-order valence-electron chi connectivity index (χ4n) is 0.966. The molecule has 0 radical (unpaired) electrons. The Labute approximate surface area is 99.5 Å². The molecule has 0 aliphatic rings. The molecule has 1 amide bonds. The number of anilines is 1. The van der Waals surface area contributed by atoms with Gasteiger partial charge in [-0.1, -0.05) is 15.9 Å². The number of hydroxylamine groups is 1. The first kappa shape index (κ1) is 12.5. The zero-order valence-electron chi connectivity index (χ0n) is 8.07. The summed E-state index contributed by atoms with van der Waals surface area (Å²) in [4.78, 5) is 26.0. The fraction of sp³-hybridized carbons (Fsp3) is 0.111. The lowest BCUT2D eigenvalue weighted by Gasteiger charge is -2.05. The Hall–Kier alpha value is -1.60. The van der Waals surface area contributed by atoms with Crippen molar-refractivity contribution in [1.29, 1.82) is 0 Å². The number of rotatable bonds is 4. The van der Waals surface area contributed by atoms with Crippen LogP contribution < -0.4 is 11.2 Å². The van der Waals surface area contributed by atoms with Crippen LogP contribution >= 0.6 is 15.9 Å². The lowest BCUT2D eigenvalue weighted by molar-refractivity contribution is -0.144. The molecule has 7 heteroatoms. The van der Waals surface area contributed by atoms with Gasteiger partial charge < -0.3 is 10.8 Å². The summed E-state index contributed by atoms with van der Waals surface area (Å²) in [6.07, 6.45) is 0. The van der Waals surface area contributed by atoms with Crippen molar-refractivity contribution in [2.45, 2.75) is 0 Å². The summed E-state index contributed by atoms with van der Waals surface area (Å²) >= 11 is 3.18. The average Bonchev–Trinajstić information content (AvgIpc) is 2.15. The second-order valence-electron chi connectivity index (χ2n) is 2.89. The number of amides is 1. The summed E-state index contributed by atoms with van der Waals surface area (Å²) in [5, 5.41) is 8.28. The summed E-state index contributed by atoms with van der Waals surface area (Å²) in [5.41, 5.74) is 8.21. The molecular formula is C9H9BrN2O4. The predicted molar refractivity (Wildman–Crippen MR) is 59.6 cm³/mol. The largest absolute Gasteiger partial charge is 0.479 e. The van der Waals surface area contributed by atoms with E-state index in [1.54, 1.807) is 6.07 Å². The van der Waals surface area contributed by atoms with Crippen molar-refractivity contribution in [3.8, 4) is 0 Å². The molecule has 0 saturated heterocycles. The average molecular weight is 289 g/mol. The number of benzene rings is 1. The molecule has 4 N–H and O–H groups in total. The number of nitrogen functional groups attached to an aromatic ring is 1. The molecule has 1 rings (SSSR count). The molecule has 0 bridgehead atoms. The zero-order chi connectivity index (χ0) is 12.1. The fourth-order valence-corrected chi connectivity index (χ4v) is 1.48. The topological polar surface area (TPSA) is 102 Å². The number of carbonyl (C=O) groups excluding carboxylic acids is 1. The number of halogens is 1. The summed E-state index contributed by atoms with van der Waals surface area (Å²) in [7, 11) is 0. The number of aliphatic carboxylic acids is 1. The highest BCUT2D eigenvalue weighted by Gasteiger charge is 2.08. The van der Waals surface area contributed by atoms with E-state index in [9.17, 15) is 9.59 Å². The Kier molecular flexibility index (Phi) is 4.27. The first-order chi connectivity index (χ1) is 7.49. The van der Waals surface area contributed by atoms with E-state index in [2.05, 4.69) is 20.8 Å². The number of carboxylic acids is 1. The van der Waals surface area contributed by atoms with E-state index in [0.29, 0.717) is 10.2 Å². The molecule has 0 atom stereocenters. The van der Waals surface area contributed by atoms with Gasteiger partial charge in [0.05, 0.1) is 0 Å². The number of nitrogens with one attached hydrogen (secondary N) is 1. The van der Waals surface area contributed by atoms with Gasteiger partial charge in [0.25, 0.3) is 5.91 Å². The van der Waals surface area contributed by atoms with E-state index >= 15 is 0 Å². The third-order valence-corrected chi connectivity index (χ3v) is 2.00. The van der Waals surface area contributed by atoms with Gasteiger partial charge in [0.15, 0.2) is 6.61 Å². The third-order valence-electron chi connectivity index (χ3n) is 1.54. The summed E-state index contributed by atoms with van der Waals surface area (Å²) in [5.74, 6) is -1.73. The lowest BCUT2D eigenvalue weighted by Crippen LogP contribution is -2.26. The molecule has 1 aromatic carbocycles. The molecule has 6 nitrogen and oxygen atoms in total. The minimum Gasteiger partial charge on any atom is -0.479 e. The van der Waals surface area contributed by atoms with E-state index in [4.69, 9.17) is 10.8 Å².